The summed E-state index contributed by atoms with van der Waals surface area (Å²) in [7, 11) is 1.52. The molecule has 0 spiro atoms. The van der Waals surface area contributed by atoms with Crippen molar-refractivity contribution in [1.29, 1.82) is 0 Å². The zero-order valence-electron chi connectivity index (χ0n) is 15.7. The Balaban J connectivity index is 1.69. The second-order valence-corrected chi connectivity index (χ2v) is 7.48. The highest BCUT2D eigenvalue weighted by Gasteiger charge is 2.16. The second kappa shape index (κ2) is 8.53. The number of amides is 1. The summed E-state index contributed by atoms with van der Waals surface area (Å²) in [5.41, 5.74) is 3.34. The summed E-state index contributed by atoms with van der Waals surface area (Å²) in [6, 6.07) is 11.2. The Bertz CT molecular complexity index is 1020. The molecular weight excluding hydrogens is 398 g/mol. The summed E-state index contributed by atoms with van der Waals surface area (Å²) in [4.78, 5) is 12.4. The first-order valence-corrected chi connectivity index (χ1v) is 9.80. The fraction of sp³-hybridized carbons (Fsp3) is 0.211. The molecule has 146 valence electrons. The Morgan fingerprint density at radius 3 is 2.71 bits per heavy atom. The smallest absolute Gasteiger partial charge is 0.234 e. The normalized spacial score (nSPS) is 10.7. The molecular formula is C19H20ClN5O2S. The van der Waals surface area contributed by atoms with Crippen LogP contribution in [0.15, 0.2) is 41.6 Å². The molecule has 2 aromatic carbocycles. The van der Waals surface area contributed by atoms with Crippen LogP contribution in [0.25, 0.3) is 11.4 Å². The van der Waals surface area contributed by atoms with Crippen LogP contribution < -0.4 is 15.9 Å². The van der Waals surface area contributed by atoms with Crippen molar-refractivity contribution in [3.05, 3.63) is 52.5 Å². The van der Waals surface area contributed by atoms with Crippen molar-refractivity contribution in [2.45, 2.75) is 19.0 Å². The van der Waals surface area contributed by atoms with Gasteiger partial charge in [-0.15, -0.1) is 10.2 Å². The fourth-order valence-electron chi connectivity index (χ4n) is 2.63. The number of anilines is 1. The molecule has 9 heteroatoms. The minimum Gasteiger partial charge on any atom is -0.495 e. The van der Waals surface area contributed by atoms with Crippen molar-refractivity contribution in [2.24, 2.45) is 0 Å². The number of aromatic nitrogens is 3. The third kappa shape index (κ3) is 4.23. The number of rotatable bonds is 6. The van der Waals surface area contributed by atoms with Crippen molar-refractivity contribution in [1.82, 2.24) is 14.9 Å². The van der Waals surface area contributed by atoms with Gasteiger partial charge in [0.25, 0.3) is 0 Å². The first-order valence-electron chi connectivity index (χ1n) is 8.44. The predicted octanol–water partition coefficient (Wildman–Crippen LogP) is 3.67. The molecule has 3 N–H and O–H groups in total. The molecule has 0 atom stereocenters. The molecule has 0 fully saturated rings. The minimum absolute atomic E-state index is 0.119. The monoisotopic (exact) mass is 417 g/mol. The van der Waals surface area contributed by atoms with Gasteiger partial charge in [0.05, 0.1) is 18.6 Å². The van der Waals surface area contributed by atoms with Crippen LogP contribution in [0.1, 0.15) is 11.1 Å². The Morgan fingerprint density at radius 1 is 1.25 bits per heavy atom. The molecule has 1 heterocycles. The number of aryl methyl sites for hydroxylation is 2. The van der Waals surface area contributed by atoms with Gasteiger partial charge in [-0.1, -0.05) is 47.6 Å². The predicted molar refractivity (Wildman–Crippen MR) is 112 cm³/mol. The Hall–Kier alpha value is -2.71. The lowest BCUT2D eigenvalue weighted by Crippen LogP contribution is -2.17. The van der Waals surface area contributed by atoms with Gasteiger partial charge in [0, 0.05) is 16.7 Å². The number of thioether (sulfide) groups is 1. The summed E-state index contributed by atoms with van der Waals surface area (Å²) >= 11 is 7.30. The molecule has 0 aliphatic rings. The van der Waals surface area contributed by atoms with Crippen LogP contribution in [0.2, 0.25) is 5.02 Å². The number of nitrogens with two attached hydrogens (primary N) is 1. The number of carbonyl (C=O) groups is 1. The van der Waals surface area contributed by atoms with E-state index in [9.17, 15) is 4.79 Å². The van der Waals surface area contributed by atoms with Crippen LogP contribution in [0.5, 0.6) is 5.75 Å². The maximum absolute atomic E-state index is 12.4. The van der Waals surface area contributed by atoms with E-state index in [1.165, 1.54) is 23.5 Å². The number of carbonyl (C=O) groups excluding carboxylic acids is 1. The molecule has 3 aromatic rings. The molecule has 0 saturated heterocycles. The molecule has 0 radical (unpaired) electrons. The van der Waals surface area contributed by atoms with Crippen LogP contribution in [-0.4, -0.2) is 33.6 Å². The molecule has 0 aliphatic carbocycles. The Kier molecular flexibility index (Phi) is 6.11. The average Bonchev–Trinajstić information content (AvgIpc) is 3.03. The molecule has 3 rings (SSSR count). The van der Waals surface area contributed by atoms with Gasteiger partial charge in [-0.2, -0.15) is 0 Å². The number of ether oxygens (including phenoxy) is 1. The van der Waals surface area contributed by atoms with Crippen LogP contribution in [0.3, 0.4) is 0 Å². The van der Waals surface area contributed by atoms with Gasteiger partial charge in [-0.05, 0) is 31.0 Å². The van der Waals surface area contributed by atoms with Gasteiger partial charge in [0.15, 0.2) is 5.82 Å². The van der Waals surface area contributed by atoms with E-state index < -0.39 is 0 Å². The second-order valence-electron chi connectivity index (χ2n) is 6.13. The quantitative estimate of drug-likeness (QED) is 0.469. The largest absolute Gasteiger partial charge is 0.495 e. The number of nitrogen functional groups attached to an aromatic ring is 1. The molecule has 28 heavy (non-hydrogen) atoms. The van der Waals surface area contributed by atoms with E-state index in [4.69, 9.17) is 22.2 Å². The van der Waals surface area contributed by atoms with Gasteiger partial charge in [0.2, 0.25) is 11.1 Å². The summed E-state index contributed by atoms with van der Waals surface area (Å²) < 4.78 is 6.67. The topological polar surface area (TPSA) is 95.1 Å². The maximum atomic E-state index is 12.4. The molecule has 0 unspecified atom stereocenters. The van der Waals surface area contributed by atoms with Crippen molar-refractivity contribution in [3.8, 4) is 17.1 Å². The lowest BCUT2D eigenvalue weighted by Gasteiger charge is -2.12. The molecule has 0 aliphatic heterocycles. The van der Waals surface area contributed by atoms with Crippen molar-refractivity contribution in [3.63, 3.8) is 0 Å². The van der Waals surface area contributed by atoms with E-state index in [0.717, 1.165) is 16.7 Å². The highest BCUT2D eigenvalue weighted by Crippen LogP contribution is 2.31. The van der Waals surface area contributed by atoms with Gasteiger partial charge in [-0.3, -0.25) is 4.79 Å². The number of benzene rings is 2. The molecule has 1 amide bonds. The standard InChI is InChI=1S/C19H20ClN5O2S/c1-11-6-4-5-7-13(11)18-23-24-19(25(18)21)28-10-17(26)22-15-8-12(2)14(20)9-16(15)27-3/h4-9H,10,21H2,1-3H3,(H,22,26). The number of halogens is 1. The van der Waals surface area contributed by atoms with Gasteiger partial charge in [-0.25, -0.2) is 4.68 Å². The molecule has 1 aromatic heterocycles. The Labute approximate surface area is 172 Å². The first kappa shape index (κ1) is 20.0. The summed E-state index contributed by atoms with van der Waals surface area (Å²) in [6.45, 7) is 3.84. The SMILES string of the molecule is COc1cc(Cl)c(C)cc1NC(=O)CSc1nnc(-c2ccccc2C)n1N. The maximum Gasteiger partial charge on any atom is 0.234 e. The van der Waals surface area contributed by atoms with E-state index in [1.54, 1.807) is 12.1 Å². The zero-order valence-corrected chi connectivity index (χ0v) is 17.3. The van der Waals surface area contributed by atoms with Crippen LogP contribution >= 0.6 is 23.4 Å². The molecule has 0 bridgehead atoms. The number of nitrogens with one attached hydrogen (secondary N) is 1. The minimum atomic E-state index is -0.217. The summed E-state index contributed by atoms with van der Waals surface area (Å²) in [5, 5.41) is 12.1. The number of hydrogen-bond acceptors (Lipinski definition) is 6. The van der Waals surface area contributed by atoms with Crippen molar-refractivity contribution < 1.29 is 9.53 Å². The zero-order chi connectivity index (χ0) is 20.3. The lowest BCUT2D eigenvalue weighted by molar-refractivity contribution is -0.113. The molecule has 7 nitrogen and oxygen atoms in total. The van der Waals surface area contributed by atoms with Crippen LogP contribution in [0, 0.1) is 13.8 Å². The van der Waals surface area contributed by atoms with E-state index in [1.807, 2.05) is 38.1 Å². The highest BCUT2D eigenvalue weighted by atomic mass is 35.5. The van der Waals surface area contributed by atoms with Crippen LogP contribution in [-0.2, 0) is 4.79 Å². The summed E-state index contributed by atoms with van der Waals surface area (Å²) in [6.07, 6.45) is 0. The van der Waals surface area contributed by atoms with E-state index in [0.29, 0.717) is 27.4 Å². The number of hydrogen-bond donors (Lipinski definition) is 2. The number of nitrogens with zero attached hydrogens (tertiary/aromatic N) is 3. The highest BCUT2D eigenvalue weighted by molar-refractivity contribution is 7.99. The Morgan fingerprint density at radius 2 is 2.00 bits per heavy atom. The molecule has 0 saturated carbocycles. The van der Waals surface area contributed by atoms with E-state index in [-0.39, 0.29) is 11.7 Å². The average molecular weight is 418 g/mol. The third-order valence-electron chi connectivity index (χ3n) is 4.14. The number of methoxy groups -OCH3 is 1. The van der Waals surface area contributed by atoms with Gasteiger partial charge in [0.1, 0.15) is 5.75 Å². The summed E-state index contributed by atoms with van der Waals surface area (Å²) in [5.74, 6) is 7.08. The van der Waals surface area contributed by atoms with E-state index >= 15 is 0 Å². The first-order chi connectivity index (χ1) is 13.4. The third-order valence-corrected chi connectivity index (χ3v) is 5.49. The van der Waals surface area contributed by atoms with Crippen molar-refractivity contribution in [2.75, 3.05) is 24.0 Å². The van der Waals surface area contributed by atoms with Crippen molar-refractivity contribution >= 4 is 35.0 Å². The van der Waals surface area contributed by atoms with E-state index in [2.05, 4.69) is 15.5 Å². The van der Waals surface area contributed by atoms with Crippen LogP contribution in [0.4, 0.5) is 5.69 Å². The fourth-order valence-corrected chi connectivity index (χ4v) is 3.44. The van der Waals surface area contributed by atoms with Gasteiger partial charge >= 0.3 is 0 Å². The van der Waals surface area contributed by atoms with Gasteiger partial charge < -0.3 is 15.9 Å². The lowest BCUT2D eigenvalue weighted by atomic mass is 10.1.